The zero-order chi connectivity index (χ0) is 24.9. The molecule has 3 rings (SSSR count). The first-order valence-electron chi connectivity index (χ1n) is 11.3. The number of nitrogens with one attached hydrogen (secondary N) is 2. The minimum absolute atomic E-state index is 0.0330. The molecule has 2 N–H and O–H groups in total. The maximum Gasteiger partial charge on any atom is 0.251 e. The second kappa shape index (κ2) is 10.9. The molecule has 0 saturated heterocycles. The quantitative estimate of drug-likeness (QED) is 0.560. The molecule has 2 aromatic rings. The second-order valence-electron chi connectivity index (χ2n) is 8.16. The van der Waals surface area contributed by atoms with Gasteiger partial charge in [0.05, 0.1) is 4.90 Å². The molecule has 0 saturated carbocycles. The molecule has 1 atom stereocenters. The summed E-state index contributed by atoms with van der Waals surface area (Å²) in [5.41, 5.74) is 0.674. The zero-order valence-corrected chi connectivity index (χ0v) is 20.6. The number of sulfonamides is 1. The van der Waals surface area contributed by atoms with Gasteiger partial charge in [-0.25, -0.2) is 8.42 Å². The lowest BCUT2D eigenvalue weighted by Crippen LogP contribution is -2.47. The van der Waals surface area contributed by atoms with Crippen molar-refractivity contribution >= 4 is 27.5 Å². The van der Waals surface area contributed by atoms with Crippen LogP contribution in [0.3, 0.4) is 0 Å². The highest BCUT2D eigenvalue weighted by molar-refractivity contribution is 7.89. The summed E-state index contributed by atoms with van der Waals surface area (Å²) in [7, 11) is -3.71. The van der Waals surface area contributed by atoms with Gasteiger partial charge in [-0.15, -0.1) is 0 Å². The lowest BCUT2D eigenvalue weighted by molar-refractivity contribution is -0.118. The van der Waals surface area contributed by atoms with Crippen LogP contribution in [0.1, 0.15) is 38.1 Å². The Balaban J connectivity index is 1.76. The molecule has 184 valence electrons. The normalized spacial score (nSPS) is 14.1. The number of anilines is 1. The molecular weight excluding hydrogens is 458 g/mol. The highest BCUT2D eigenvalue weighted by atomic mass is 32.2. The minimum atomic E-state index is -3.71. The lowest BCUT2D eigenvalue weighted by atomic mass is 10.0. The first kappa shape index (κ1) is 25.5. The summed E-state index contributed by atoms with van der Waals surface area (Å²) in [6.07, 6.45) is 0. The van der Waals surface area contributed by atoms with Crippen LogP contribution in [0.5, 0.6) is 11.5 Å². The summed E-state index contributed by atoms with van der Waals surface area (Å²) in [4.78, 5) is 26.0. The van der Waals surface area contributed by atoms with E-state index in [1.54, 1.807) is 32.0 Å². The summed E-state index contributed by atoms with van der Waals surface area (Å²) in [6, 6.07) is 10.1. The summed E-state index contributed by atoms with van der Waals surface area (Å²) < 4.78 is 38.0. The van der Waals surface area contributed by atoms with Gasteiger partial charge in [-0.1, -0.05) is 33.8 Å². The topological polar surface area (TPSA) is 114 Å². The third-order valence-electron chi connectivity index (χ3n) is 5.48. The standard InChI is InChI=1S/C24H31N3O6S/c1-5-27(6-2)34(30,31)19-9-7-8-17(14-19)23(28)26-22(16(3)4)24(29)25-18-10-11-20-21(15-18)33-13-12-32-20/h7-11,14-16,22H,5-6,12-13H2,1-4H3,(H,25,29)(H,26,28)/t22-/m1/s1. The third kappa shape index (κ3) is 5.68. The van der Waals surface area contributed by atoms with Gasteiger partial charge in [0.15, 0.2) is 11.5 Å². The van der Waals surface area contributed by atoms with E-state index in [9.17, 15) is 18.0 Å². The van der Waals surface area contributed by atoms with E-state index in [1.807, 2.05) is 13.8 Å². The molecule has 34 heavy (non-hydrogen) atoms. The monoisotopic (exact) mass is 489 g/mol. The van der Waals surface area contributed by atoms with Gasteiger partial charge in [0.1, 0.15) is 19.3 Å². The Kier molecular flexibility index (Phi) is 8.16. The van der Waals surface area contributed by atoms with Crippen LogP contribution in [-0.4, -0.2) is 56.9 Å². The number of hydrogen-bond donors (Lipinski definition) is 2. The van der Waals surface area contributed by atoms with Crippen LogP contribution in [-0.2, 0) is 14.8 Å². The lowest BCUT2D eigenvalue weighted by Gasteiger charge is -2.23. The predicted octanol–water partition coefficient (Wildman–Crippen LogP) is 2.88. The van der Waals surface area contributed by atoms with E-state index in [0.717, 1.165) is 0 Å². The molecule has 1 aliphatic heterocycles. The maximum atomic E-state index is 13.0. The summed E-state index contributed by atoms with van der Waals surface area (Å²) in [6.45, 7) is 8.69. The SMILES string of the molecule is CCN(CC)S(=O)(=O)c1cccc(C(=O)N[C@@H](C(=O)Nc2ccc3c(c2)OCCO3)C(C)C)c1. The van der Waals surface area contributed by atoms with E-state index >= 15 is 0 Å². The number of fused-ring (bicyclic) bond motifs is 1. The minimum Gasteiger partial charge on any atom is -0.486 e. The van der Waals surface area contributed by atoms with Crippen molar-refractivity contribution < 1.29 is 27.5 Å². The number of carbonyl (C=O) groups is 2. The van der Waals surface area contributed by atoms with Crippen LogP contribution in [0.2, 0.25) is 0 Å². The molecule has 0 aliphatic carbocycles. The number of rotatable bonds is 9. The third-order valence-corrected chi connectivity index (χ3v) is 7.53. The van der Waals surface area contributed by atoms with Crippen LogP contribution in [0.15, 0.2) is 47.4 Å². The summed E-state index contributed by atoms with van der Waals surface area (Å²) in [5.74, 6) is 0.00114. The summed E-state index contributed by atoms with van der Waals surface area (Å²) in [5, 5.41) is 5.54. The molecule has 0 spiro atoms. The molecule has 1 aliphatic rings. The Morgan fingerprint density at radius 3 is 2.32 bits per heavy atom. The molecule has 0 aromatic heterocycles. The Hall–Kier alpha value is -3.11. The summed E-state index contributed by atoms with van der Waals surface area (Å²) >= 11 is 0. The van der Waals surface area contributed by atoms with Gasteiger partial charge < -0.3 is 20.1 Å². The predicted molar refractivity (Wildman–Crippen MR) is 129 cm³/mol. The largest absolute Gasteiger partial charge is 0.486 e. The van der Waals surface area contributed by atoms with E-state index < -0.39 is 27.9 Å². The number of amides is 2. The highest BCUT2D eigenvalue weighted by Gasteiger charge is 2.27. The molecule has 0 fully saturated rings. The fourth-order valence-electron chi connectivity index (χ4n) is 3.61. The van der Waals surface area contributed by atoms with E-state index in [-0.39, 0.29) is 16.4 Å². The van der Waals surface area contributed by atoms with Crippen molar-refractivity contribution in [1.82, 2.24) is 9.62 Å². The molecule has 2 aromatic carbocycles. The van der Waals surface area contributed by atoms with Crippen LogP contribution < -0.4 is 20.1 Å². The van der Waals surface area contributed by atoms with Crippen molar-refractivity contribution in [2.75, 3.05) is 31.6 Å². The van der Waals surface area contributed by atoms with Crippen molar-refractivity contribution in [3.8, 4) is 11.5 Å². The Bertz CT molecular complexity index is 1150. The number of nitrogens with zero attached hydrogens (tertiary/aromatic N) is 1. The van der Waals surface area contributed by atoms with Gasteiger partial charge in [0.25, 0.3) is 5.91 Å². The van der Waals surface area contributed by atoms with Gasteiger partial charge in [-0.3, -0.25) is 9.59 Å². The van der Waals surface area contributed by atoms with Gasteiger partial charge in [0.2, 0.25) is 15.9 Å². The molecule has 0 unspecified atom stereocenters. The van der Waals surface area contributed by atoms with Crippen molar-refractivity contribution in [1.29, 1.82) is 0 Å². The van der Waals surface area contributed by atoms with E-state index in [4.69, 9.17) is 9.47 Å². The maximum absolute atomic E-state index is 13.0. The van der Waals surface area contributed by atoms with Gasteiger partial charge in [0, 0.05) is 30.4 Å². The molecule has 0 bridgehead atoms. The smallest absolute Gasteiger partial charge is 0.251 e. The van der Waals surface area contributed by atoms with Crippen molar-refractivity contribution in [3.05, 3.63) is 48.0 Å². The zero-order valence-electron chi connectivity index (χ0n) is 19.8. The van der Waals surface area contributed by atoms with E-state index in [0.29, 0.717) is 43.5 Å². The first-order valence-corrected chi connectivity index (χ1v) is 12.7. The number of carbonyl (C=O) groups excluding carboxylic acids is 2. The molecule has 10 heteroatoms. The van der Waals surface area contributed by atoms with Crippen LogP contribution >= 0.6 is 0 Å². The van der Waals surface area contributed by atoms with Crippen molar-refractivity contribution in [3.63, 3.8) is 0 Å². The average Bonchev–Trinajstić information content (AvgIpc) is 2.82. The first-order chi connectivity index (χ1) is 16.2. The second-order valence-corrected chi connectivity index (χ2v) is 10.1. The Morgan fingerprint density at radius 1 is 1.00 bits per heavy atom. The molecular formula is C24H31N3O6S. The highest BCUT2D eigenvalue weighted by Crippen LogP contribution is 2.32. The van der Waals surface area contributed by atoms with Crippen LogP contribution in [0.4, 0.5) is 5.69 Å². The number of ether oxygens (including phenoxy) is 2. The van der Waals surface area contributed by atoms with E-state index in [1.165, 1.54) is 28.6 Å². The molecule has 0 radical (unpaired) electrons. The van der Waals surface area contributed by atoms with Gasteiger partial charge >= 0.3 is 0 Å². The Labute approximate surface area is 200 Å². The molecule has 1 heterocycles. The average molecular weight is 490 g/mol. The van der Waals surface area contributed by atoms with Crippen LogP contribution in [0.25, 0.3) is 0 Å². The van der Waals surface area contributed by atoms with E-state index in [2.05, 4.69) is 10.6 Å². The van der Waals surface area contributed by atoms with Crippen LogP contribution in [0, 0.1) is 5.92 Å². The fraction of sp³-hybridized carbons (Fsp3) is 0.417. The number of benzene rings is 2. The molecule has 2 amide bonds. The number of hydrogen-bond acceptors (Lipinski definition) is 6. The van der Waals surface area contributed by atoms with Crippen molar-refractivity contribution in [2.24, 2.45) is 5.92 Å². The molecule has 9 nitrogen and oxygen atoms in total. The fourth-order valence-corrected chi connectivity index (χ4v) is 5.12. The Morgan fingerprint density at radius 2 is 1.68 bits per heavy atom. The van der Waals surface area contributed by atoms with Gasteiger partial charge in [-0.2, -0.15) is 4.31 Å². The van der Waals surface area contributed by atoms with Gasteiger partial charge in [-0.05, 0) is 36.2 Å². The van der Waals surface area contributed by atoms with Crippen molar-refractivity contribution in [2.45, 2.75) is 38.6 Å².